The molecule has 1 unspecified atom stereocenters. The van der Waals surface area contributed by atoms with Gasteiger partial charge in [-0.15, -0.1) is 0 Å². The van der Waals surface area contributed by atoms with Gasteiger partial charge in [-0.25, -0.2) is 9.59 Å². The van der Waals surface area contributed by atoms with Crippen LogP contribution in [0.1, 0.15) is 75.2 Å². The fourth-order valence-corrected chi connectivity index (χ4v) is 4.40. The number of carbonyl (C=O) groups excluding carboxylic acids is 2. The van der Waals surface area contributed by atoms with Crippen molar-refractivity contribution >= 4 is 17.7 Å². The molecular formula is C24H29NO5. The van der Waals surface area contributed by atoms with Crippen LogP contribution in [0.25, 0.3) is 0 Å². The fourth-order valence-electron chi connectivity index (χ4n) is 4.40. The summed E-state index contributed by atoms with van der Waals surface area (Å²) in [5, 5.41) is 12.6. The van der Waals surface area contributed by atoms with Crippen molar-refractivity contribution in [2.24, 2.45) is 5.41 Å². The predicted molar refractivity (Wildman–Crippen MR) is 113 cm³/mol. The van der Waals surface area contributed by atoms with Crippen molar-refractivity contribution in [1.29, 1.82) is 0 Å². The van der Waals surface area contributed by atoms with Crippen molar-refractivity contribution < 1.29 is 24.2 Å². The first-order chi connectivity index (χ1) is 14.2. The molecule has 30 heavy (non-hydrogen) atoms. The van der Waals surface area contributed by atoms with E-state index in [4.69, 9.17) is 4.74 Å². The number of Topliss-reactive ketones (excluding diaryl/α,β-unsaturated/α-hetero) is 1. The Kier molecular flexibility index (Phi) is 6.15. The Morgan fingerprint density at radius 3 is 2.40 bits per heavy atom. The van der Waals surface area contributed by atoms with Crippen LogP contribution in [0, 0.1) is 5.41 Å². The van der Waals surface area contributed by atoms with Gasteiger partial charge >= 0.3 is 11.9 Å². The summed E-state index contributed by atoms with van der Waals surface area (Å²) in [6.07, 6.45) is 2.59. The molecule has 0 radical (unpaired) electrons. The zero-order chi connectivity index (χ0) is 22.1. The van der Waals surface area contributed by atoms with Gasteiger partial charge in [0.2, 0.25) is 0 Å². The third-order valence-electron chi connectivity index (χ3n) is 5.61. The molecule has 0 fully saturated rings. The van der Waals surface area contributed by atoms with E-state index in [9.17, 15) is 19.5 Å². The molecule has 0 spiro atoms. The highest BCUT2D eigenvalue weighted by molar-refractivity contribution is 6.04. The van der Waals surface area contributed by atoms with E-state index < -0.39 is 17.9 Å². The summed E-state index contributed by atoms with van der Waals surface area (Å²) in [7, 11) is 0. The van der Waals surface area contributed by atoms with Crippen molar-refractivity contribution in [1.82, 2.24) is 5.32 Å². The molecule has 1 aliphatic carbocycles. The summed E-state index contributed by atoms with van der Waals surface area (Å²) in [4.78, 5) is 37.5. The first-order valence-electron chi connectivity index (χ1n) is 10.4. The maximum absolute atomic E-state index is 13.2. The first kappa shape index (κ1) is 21.8. The second-order valence-electron chi connectivity index (χ2n) is 8.68. The van der Waals surface area contributed by atoms with Gasteiger partial charge in [-0.05, 0) is 42.9 Å². The molecule has 0 saturated carbocycles. The topological polar surface area (TPSA) is 92.7 Å². The van der Waals surface area contributed by atoms with Crippen LogP contribution < -0.4 is 5.32 Å². The van der Waals surface area contributed by atoms with E-state index in [-0.39, 0.29) is 23.4 Å². The average Bonchev–Trinajstić information content (AvgIpc) is 2.66. The predicted octanol–water partition coefficient (Wildman–Crippen LogP) is 4.33. The second-order valence-corrected chi connectivity index (χ2v) is 8.68. The highest BCUT2D eigenvalue weighted by Crippen LogP contribution is 2.47. The van der Waals surface area contributed by atoms with Gasteiger partial charge < -0.3 is 15.2 Å². The summed E-state index contributed by atoms with van der Waals surface area (Å²) < 4.78 is 5.36. The number of ketones is 1. The first-order valence-corrected chi connectivity index (χ1v) is 10.4. The van der Waals surface area contributed by atoms with E-state index in [2.05, 4.69) is 19.2 Å². The van der Waals surface area contributed by atoms with Gasteiger partial charge in [0.15, 0.2) is 5.78 Å². The second kappa shape index (κ2) is 8.46. The smallest absolute Gasteiger partial charge is 0.336 e. The number of allylic oxidation sites excluding steroid dienone is 3. The molecule has 2 N–H and O–H groups in total. The highest BCUT2D eigenvalue weighted by Gasteiger charge is 2.43. The minimum absolute atomic E-state index is 0.0124. The van der Waals surface area contributed by atoms with Crippen LogP contribution >= 0.6 is 0 Å². The van der Waals surface area contributed by atoms with E-state index in [1.54, 1.807) is 19.1 Å². The van der Waals surface area contributed by atoms with E-state index in [0.717, 1.165) is 23.4 Å². The van der Waals surface area contributed by atoms with Crippen molar-refractivity contribution in [3.05, 3.63) is 57.9 Å². The number of nitrogens with one attached hydrogen (secondary N) is 1. The van der Waals surface area contributed by atoms with Gasteiger partial charge in [0, 0.05) is 29.3 Å². The molecular weight excluding hydrogens is 382 g/mol. The zero-order valence-electron chi connectivity index (χ0n) is 18.0. The summed E-state index contributed by atoms with van der Waals surface area (Å²) >= 11 is 0. The Morgan fingerprint density at radius 2 is 1.83 bits per heavy atom. The molecule has 160 valence electrons. The van der Waals surface area contributed by atoms with Crippen LogP contribution in [-0.4, -0.2) is 29.4 Å². The molecule has 3 rings (SSSR count). The van der Waals surface area contributed by atoms with Crippen LogP contribution in [0.4, 0.5) is 0 Å². The lowest BCUT2D eigenvalue weighted by molar-refractivity contribution is -0.138. The maximum atomic E-state index is 13.2. The minimum Gasteiger partial charge on any atom is -0.478 e. The van der Waals surface area contributed by atoms with Gasteiger partial charge in [-0.2, -0.15) is 0 Å². The third kappa shape index (κ3) is 4.18. The number of carboxylic acids is 1. The summed E-state index contributed by atoms with van der Waals surface area (Å²) in [6.45, 7) is 8.16. The number of esters is 1. The SMILES string of the molecule is CCCC1=C(C(=O)OCC)C(c2ccc(C(=O)O)cc2)C2=C(CC(C)(C)CC2=O)N1. The Hall–Kier alpha value is -2.89. The molecule has 0 amide bonds. The molecule has 0 saturated heterocycles. The van der Waals surface area contributed by atoms with Crippen LogP contribution in [0.3, 0.4) is 0 Å². The van der Waals surface area contributed by atoms with Crippen molar-refractivity contribution in [3.8, 4) is 0 Å². The van der Waals surface area contributed by atoms with E-state index in [1.807, 2.05) is 6.92 Å². The monoisotopic (exact) mass is 411 g/mol. The minimum atomic E-state index is -1.02. The lowest BCUT2D eigenvalue weighted by atomic mass is 9.68. The number of rotatable bonds is 6. The number of benzene rings is 1. The Balaban J connectivity index is 2.20. The molecule has 0 aromatic heterocycles. The molecule has 6 nitrogen and oxygen atoms in total. The molecule has 1 aliphatic heterocycles. The van der Waals surface area contributed by atoms with Gasteiger partial charge in [-0.3, -0.25) is 4.79 Å². The molecule has 6 heteroatoms. The Morgan fingerprint density at radius 1 is 1.17 bits per heavy atom. The van der Waals surface area contributed by atoms with Crippen molar-refractivity contribution in [3.63, 3.8) is 0 Å². The molecule has 1 atom stereocenters. The quantitative estimate of drug-likeness (QED) is 0.677. The van der Waals surface area contributed by atoms with Crippen LogP contribution in [0.2, 0.25) is 0 Å². The van der Waals surface area contributed by atoms with Crippen LogP contribution in [0.5, 0.6) is 0 Å². The molecule has 0 bridgehead atoms. The highest BCUT2D eigenvalue weighted by atomic mass is 16.5. The van der Waals surface area contributed by atoms with Gasteiger partial charge in [0.05, 0.1) is 17.7 Å². The van der Waals surface area contributed by atoms with Gasteiger partial charge in [0.1, 0.15) is 0 Å². The summed E-state index contributed by atoms with van der Waals surface area (Å²) in [6, 6.07) is 6.42. The number of hydrogen-bond acceptors (Lipinski definition) is 5. The van der Waals surface area contributed by atoms with Crippen LogP contribution in [0.15, 0.2) is 46.8 Å². The largest absolute Gasteiger partial charge is 0.478 e. The standard InChI is InChI=1S/C24H29NO5/c1-5-7-16-21(23(29)30-6-2)19(14-8-10-15(11-9-14)22(27)28)20-17(25-16)12-24(3,4)13-18(20)26/h8-11,19,25H,5-7,12-13H2,1-4H3,(H,27,28). The number of aromatic carboxylic acids is 1. The van der Waals surface area contributed by atoms with Crippen molar-refractivity contribution in [2.75, 3.05) is 6.61 Å². The van der Waals surface area contributed by atoms with E-state index >= 15 is 0 Å². The van der Waals surface area contributed by atoms with Gasteiger partial charge in [-0.1, -0.05) is 39.3 Å². The van der Waals surface area contributed by atoms with Crippen LogP contribution in [-0.2, 0) is 14.3 Å². The Bertz CT molecular complexity index is 937. The number of dihydropyridines is 1. The summed E-state index contributed by atoms with van der Waals surface area (Å²) in [5.74, 6) is -2.01. The lowest BCUT2D eigenvalue weighted by Crippen LogP contribution is -2.39. The van der Waals surface area contributed by atoms with Gasteiger partial charge in [0.25, 0.3) is 0 Å². The molecule has 1 heterocycles. The maximum Gasteiger partial charge on any atom is 0.336 e. The molecule has 1 aromatic rings. The number of hydrogen-bond donors (Lipinski definition) is 2. The Labute approximate surface area is 177 Å². The third-order valence-corrected chi connectivity index (χ3v) is 5.61. The van der Waals surface area contributed by atoms with E-state index in [1.165, 1.54) is 12.1 Å². The number of carboxylic acid groups (broad SMARTS) is 1. The number of ether oxygens (including phenoxy) is 1. The van der Waals surface area contributed by atoms with E-state index in [0.29, 0.717) is 30.4 Å². The number of carbonyl (C=O) groups is 3. The normalized spacial score (nSPS) is 20.5. The molecule has 2 aliphatic rings. The van der Waals surface area contributed by atoms with Crippen molar-refractivity contribution in [2.45, 2.75) is 59.3 Å². The lowest BCUT2D eigenvalue weighted by Gasteiger charge is -2.40. The summed E-state index contributed by atoms with van der Waals surface area (Å²) in [5.41, 5.74) is 3.41. The zero-order valence-corrected chi connectivity index (χ0v) is 18.0. The average molecular weight is 411 g/mol. The molecule has 1 aromatic carbocycles. The fraction of sp³-hybridized carbons (Fsp3) is 0.458.